The summed E-state index contributed by atoms with van der Waals surface area (Å²) < 4.78 is 5.37. The molecule has 2 rings (SSSR count). The first kappa shape index (κ1) is 18.6. The molecule has 0 unspecified atom stereocenters. The number of amides is 3. The molecule has 0 aliphatic heterocycles. The van der Waals surface area contributed by atoms with Gasteiger partial charge in [-0.2, -0.15) is 0 Å². The normalized spacial score (nSPS) is 10.2. The predicted octanol–water partition coefficient (Wildman–Crippen LogP) is 3.70. The highest BCUT2D eigenvalue weighted by Crippen LogP contribution is 2.18. The summed E-state index contributed by atoms with van der Waals surface area (Å²) in [7, 11) is 0. The lowest BCUT2D eigenvalue weighted by Gasteiger charge is -2.11. The zero-order valence-electron chi connectivity index (χ0n) is 14.0. The summed E-state index contributed by atoms with van der Waals surface area (Å²) >= 11 is 5.76. The quantitative estimate of drug-likeness (QED) is 0.710. The van der Waals surface area contributed by atoms with E-state index in [-0.39, 0.29) is 6.61 Å². The van der Waals surface area contributed by atoms with Crippen LogP contribution in [0.2, 0.25) is 5.02 Å². The molecule has 0 heterocycles. The molecule has 0 atom stereocenters. The number of anilines is 1. The molecule has 132 valence electrons. The second-order valence-electron chi connectivity index (χ2n) is 5.65. The molecule has 3 N–H and O–H groups in total. The van der Waals surface area contributed by atoms with Crippen LogP contribution < -0.4 is 20.9 Å². The maximum absolute atomic E-state index is 11.7. The zero-order valence-corrected chi connectivity index (χ0v) is 14.8. The lowest BCUT2D eigenvalue weighted by atomic mass is 10.0. The number of carbonyl (C=O) groups excluding carboxylic acids is 2. The van der Waals surface area contributed by atoms with Crippen molar-refractivity contribution in [3.63, 3.8) is 0 Å². The molecule has 0 aliphatic carbocycles. The summed E-state index contributed by atoms with van der Waals surface area (Å²) in [5.74, 6) is 0.546. The molecule has 25 heavy (non-hydrogen) atoms. The van der Waals surface area contributed by atoms with E-state index in [0.717, 1.165) is 0 Å². The average Bonchev–Trinajstić information content (AvgIpc) is 2.60. The predicted molar refractivity (Wildman–Crippen MR) is 97.8 cm³/mol. The van der Waals surface area contributed by atoms with Gasteiger partial charge in [0, 0.05) is 10.7 Å². The standard InChI is InChI=1S/C18H20ClN3O3/c1-12(2)13-3-9-16(10-4-13)25-11-17(23)21-22-18(24)20-15-7-5-14(19)6-8-15/h3-10,12H,11H2,1-2H3,(H,21,23)(H2,20,22,24). The molecule has 0 saturated carbocycles. The van der Waals surface area contributed by atoms with Crippen molar-refractivity contribution < 1.29 is 14.3 Å². The maximum Gasteiger partial charge on any atom is 0.337 e. The van der Waals surface area contributed by atoms with Crippen LogP contribution in [0, 0.1) is 0 Å². The van der Waals surface area contributed by atoms with E-state index in [1.54, 1.807) is 24.3 Å². The topological polar surface area (TPSA) is 79.5 Å². The van der Waals surface area contributed by atoms with Gasteiger partial charge in [-0.25, -0.2) is 10.2 Å². The van der Waals surface area contributed by atoms with E-state index in [1.165, 1.54) is 5.56 Å². The van der Waals surface area contributed by atoms with Crippen LogP contribution in [0.5, 0.6) is 5.75 Å². The second kappa shape index (κ2) is 8.94. The van der Waals surface area contributed by atoms with E-state index in [9.17, 15) is 9.59 Å². The lowest BCUT2D eigenvalue weighted by molar-refractivity contribution is -0.123. The van der Waals surface area contributed by atoms with E-state index >= 15 is 0 Å². The minimum Gasteiger partial charge on any atom is -0.484 e. The van der Waals surface area contributed by atoms with Crippen molar-refractivity contribution in [2.24, 2.45) is 0 Å². The van der Waals surface area contributed by atoms with Crippen LogP contribution in [0.3, 0.4) is 0 Å². The number of rotatable bonds is 5. The summed E-state index contributed by atoms with van der Waals surface area (Å²) in [6, 6.07) is 13.5. The Morgan fingerprint density at radius 3 is 2.24 bits per heavy atom. The van der Waals surface area contributed by atoms with E-state index in [1.807, 2.05) is 24.3 Å². The third-order valence-corrected chi connectivity index (χ3v) is 3.59. The summed E-state index contributed by atoms with van der Waals surface area (Å²) in [6.07, 6.45) is 0. The van der Waals surface area contributed by atoms with E-state index in [4.69, 9.17) is 16.3 Å². The van der Waals surface area contributed by atoms with Gasteiger partial charge in [-0.05, 0) is 47.9 Å². The number of urea groups is 1. The smallest absolute Gasteiger partial charge is 0.337 e. The number of hydrogen-bond donors (Lipinski definition) is 3. The molecule has 2 aromatic carbocycles. The number of carbonyl (C=O) groups is 2. The first-order valence-corrected chi connectivity index (χ1v) is 8.16. The number of benzene rings is 2. The number of hydrogen-bond acceptors (Lipinski definition) is 3. The fourth-order valence-electron chi connectivity index (χ4n) is 1.96. The van der Waals surface area contributed by atoms with Gasteiger partial charge in [0.15, 0.2) is 6.61 Å². The molecule has 0 spiro atoms. The monoisotopic (exact) mass is 361 g/mol. The Bertz CT molecular complexity index is 715. The molecule has 6 nitrogen and oxygen atoms in total. The van der Waals surface area contributed by atoms with Gasteiger partial charge in [0.25, 0.3) is 5.91 Å². The van der Waals surface area contributed by atoms with Gasteiger partial charge >= 0.3 is 6.03 Å². The molecule has 0 aliphatic rings. The fraction of sp³-hybridized carbons (Fsp3) is 0.222. The molecule has 3 amide bonds. The lowest BCUT2D eigenvalue weighted by Crippen LogP contribution is -2.45. The van der Waals surface area contributed by atoms with Crippen LogP contribution in [0.25, 0.3) is 0 Å². The van der Waals surface area contributed by atoms with Crippen molar-refractivity contribution in [3.8, 4) is 5.75 Å². The number of nitrogens with one attached hydrogen (secondary N) is 3. The van der Waals surface area contributed by atoms with Crippen LogP contribution in [0.15, 0.2) is 48.5 Å². The van der Waals surface area contributed by atoms with Gasteiger partial charge in [0.05, 0.1) is 0 Å². The molecule has 0 aromatic heterocycles. The highest BCUT2D eigenvalue weighted by Gasteiger charge is 2.06. The first-order valence-electron chi connectivity index (χ1n) is 7.78. The Morgan fingerprint density at radius 1 is 1.00 bits per heavy atom. The molecule has 0 fully saturated rings. The Kier molecular flexibility index (Phi) is 6.65. The molecular weight excluding hydrogens is 342 g/mol. The fourth-order valence-corrected chi connectivity index (χ4v) is 2.08. The van der Waals surface area contributed by atoms with Gasteiger partial charge in [-0.1, -0.05) is 37.6 Å². The SMILES string of the molecule is CC(C)c1ccc(OCC(=O)NNC(=O)Nc2ccc(Cl)cc2)cc1. The van der Waals surface area contributed by atoms with Gasteiger partial charge in [-0.3, -0.25) is 10.2 Å². The number of halogens is 1. The largest absolute Gasteiger partial charge is 0.484 e. The zero-order chi connectivity index (χ0) is 18.2. The van der Waals surface area contributed by atoms with Crippen molar-refractivity contribution in [2.45, 2.75) is 19.8 Å². The minimum atomic E-state index is -0.572. The Labute approximate surface area is 151 Å². The maximum atomic E-state index is 11.7. The van der Waals surface area contributed by atoms with Crippen molar-refractivity contribution >= 4 is 29.2 Å². The van der Waals surface area contributed by atoms with E-state index in [0.29, 0.717) is 22.4 Å². The summed E-state index contributed by atoms with van der Waals surface area (Å²) in [5.41, 5.74) is 6.25. The Morgan fingerprint density at radius 2 is 1.64 bits per heavy atom. The Balaban J connectivity index is 1.71. The third-order valence-electron chi connectivity index (χ3n) is 3.33. The second-order valence-corrected chi connectivity index (χ2v) is 6.08. The Hall–Kier alpha value is -2.73. The highest BCUT2D eigenvalue weighted by molar-refractivity contribution is 6.30. The molecule has 0 radical (unpaired) electrons. The summed E-state index contributed by atoms with van der Waals surface area (Å²) in [4.78, 5) is 23.4. The van der Waals surface area contributed by atoms with Crippen molar-refractivity contribution in [2.75, 3.05) is 11.9 Å². The van der Waals surface area contributed by atoms with Crippen LogP contribution in [-0.2, 0) is 4.79 Å². The van der Waals surface area contributed by atoms with Crippen molar-refractivity contribution in [3.05, 3.63) is 59.1 Å². The van der Waals surface area contributed by atoms with Gasteiger partial charge < -0.3 is 10.1 Å². The first-order chi connectivity index (χ1) is 11.9. The average molecular weight is 362 g/mol. The molecular formula is C18H20ClN3O3. The summed E-state index contributed by atoms with van der Waals surface area (Å²) in [6.45, 7) is 4.00. The molecule has 0 saturated heterocycles. The third kappa shape index (κ3) is 6.35. The van der Waals surface area contributed by atoms with E-state index < -0.39 is 11.9 Å². The van der Waals surface area contributed by atoms with Crippen LogP contribution in [0.4, 0.5) is 10.5 Å². The summed E-state index contributed by atoms with van der Waals surface area (Å²) in [5, 5.41) is 3.12. The minimum absolute atomic E-state index is 0.206. The molecule has 7 heteroatoms. The number of ether oxygens (including phenoxy) is 1. The van der Waals surface area contributed by atoms with Crippen LogP contribution in [0.1, 0.15) is 25.3 Å². The van der Waals surface area contributed by atoms with Crippen LogP contribution in [-0.4, -0.2) is 18.5 Å². The van der Waals surface area contributed by atoms with Gasteiger partial charge in [0.1, 0.15) is 5.75 Å². The van der Waals surface area contributed by atoms with Crippen molar-refractivity contribution in [1.29, 1.82) is 0 Å². The van der Waals surface area contributed by atoms with Crippen molar-refractivity contribution in [1.82, 2.24) is 10.9 Å². The number of hydrazine groups is 1. The van der Waals surface area contributed by atoms with Gasteiger partial charge in [0.2, 0.25) is 0 Å². The van der Waals surface area contributed by atoms with E-state index in [2.05, 4.69) is 30.0 Å². The highest BCUT2D eigenvalue weighted by atomic mass is 35.5. The van der Waals surface area contributed by atoms with Gasteiger partial charge in [-0.15, -0.1) is 0 Å². The van der Waals surface area contributed by atoms with Crippen LogP contribution >= 0.6 is 11.6 Å². The molecule has 2 aromatic rings. The molecule has 0 bridgehead atoms.